The SMILES string of the molecule is CN(c1ncnc2c(C(N)=O)cccc12)C(C)(CN)c1cccc(NC(=O)c2ccc(C(F)(F)F)cc2)c1. The van der Waals surface area contributed by atoms with Gasteiger partial charge in [-0.25, -0.2) is 9.97 Å². The van der Waals surface area contributed by atoms with Crippen molar-refractivity contribution in [1.82, 2.24) is 9.97 Å². The van der Waals surface area contributed by atoms with E-state index >= 15 is 0 Å². The number of aromatic nitrogens is 2. The smallest absolute Gasteiger partial charge is 0.366 e. The second-order valence-corrected chi connectivity index (χ2v) is 8.91. The first-order valence-electron chi connectivity index (χ1n) is 11.5. The molecule has 38 heavy (non-hydrogen) atoms. The molecular weight excluding hydrogens is 497 g/mol. The molecule has 8 nitrogen and oxygen atoms in total. The van der Waals surface area contributed by atoms with Crippen molar-refractivity contribution < 1.29 is 22.8 Å². The lowest BCUT2D eigenvalue weighted by Gasteiger charge is -2.40. The molecule has 0 aliphatic heterocycles. The van der Waals surface area contributed by atoms with Crippen LogP contribution in [0.25, 0.3) is 10.9 Å². The lowest BCUT2D eigenvalue weighted by Crippen LogP contribution is -2.47. The Bertz CT molecular complexity index is 1510. The number of carbonyl (C=O) groups is 2. The molecule has 0 fully saturated rings. The van der Waals surface area contributed by atoms with Crippen LogP contribution in [0.4, 0.5) is 24.7 Å². The van der Waals surface area contributed by atoms with E-state index < -0.39 is 29.1 Å². The molecule has 1 heterocycles. The first-order chi connectivity index (χ1) is 18.0. The lowest BCUT2D eigenvalue weighted by molar-refractivity contribution is -0.137. The minimum absolute atomic E-state index is 0.0832. The average molecular weight is 523 g/mol. The maximum absolute atomic E-state index is 12.8. The maximum Gasteiger partial charge on any atom is 0.416 e. The van der Waals surface area contributed by atoms with E-state index in [1.807, 2.05) is 17.9 Å². The molecule has 0 aliphatic carbocycles. The van der Waals surface area contributed by atoms with Crippen molar-refractivity contribution in [3.8, 4) is 0 Å². The molecule has 4 rings (SSSR count). The molecule has 0 radical (unpaired) electrons. The zero-order valence-corrected chi connectivity index (χ0v) is 20.6. The molecule has 0 aliphatic rings. The number of para-hydroxylation sites is 1. The number of primary amides is 1. The molecule has 0 spiro atoms. The molecule has 0 saturated heterocycles. The van der Waals surface area contributed by atoms with Crippen LogP contribution in [-0.4, -0.2) is 35.4 Å². The van der Waals surface area contributed by atoms with Crippen molar-refractivity contribution in [2.45, 2.75) is 18.6 Å². The van der Waals surface area contributed by atoms with E-state index in [9.17, 15) is 22.8 Å². The highest BCUT2D eigenvalue weighted by Gasteiger charge is 2.33. The zero-order chi connectivity index (χ0) is 27.7. The number of benzene rings is 3. The third-order valence-electron chi connectivity index (χ3n) is 6.58. The van der Waals surface area contributed by atoms with Gasteiger partial charge in [-0.2, -0.15) is 13.2 Å². The van der Waals surface area contributed by atoms with Crippen LogP contribution in [0.3, 0.4) is 0 Å². The van der Waals surface area contributed by atoms with Crippen LogP contribution in [0.15, 0.2) is 73.1 Å². The van der Waals surface area contributed by atoms with Gasteiger partial charge in [-0.05, 0) is 61.0 Å². The predicted octanol–water partition coefficient (Wildman–Crippen LogP) is 4.31. The quantitative estimate of drug-likeness (QED) is 0.332. The number of hydrogen-bond acceptors (Lipinski definition) is 6. The van der Waals surface area contributed by atoms with Gasteiger partial charge < -0.3 is 21.7 Å². The van der Waals surface area contributed by atoms with Crippen LogP contribution >= 0.6 is 0 Å². The Morgan fingerprint density at radius 2 is 1.66 bits per heavy atom. The number of halogens is 3. The second kappa shape index (κ2) is 10.1. The summed E-state index contributed by atoms with van der Waals surface area (Å²) in [6.45, 7) is 2.05. The van der Waals surface area contributed by atoms with Gasteiger partial charge in [0.15, 0.2) is 0 Å². The summed E-state index contributed by atoms with van der Waals surface area (Å²) < 4.78 is 38.5. The number of nitrogens with zero attached hydrogens (tertiary/aromatic N) is 3. The Labute approximate surface area is 216 Å². The summed E-state index contributed by atoms with van der Waals surface area (Å²) in [5.41, 5.74) is 12.0. The number of nitrogens with one attached hydrogen (secondary N) is 1. The number of likely N-dealkylation sites (N-methyl/N-ethyl adjacent to an activating group) is 1. The van der Waals surface area contributed by atoms with Gasteiger partial charge in [0, 0.05) is 30.2 Å². The first-order valence-corrected chi connectivity index (χ1v) is 11.5. The maximum atomic E-state index is 12.8. The van der Waals surface area contributed by atoms with Gasteiger partial charge in [-0.3, -0.25) is 9.59 Å². The lowest BCUT2D eigenvalue weighted by atomic mass is 9.89. The second-order valence-electron chi connectivity index (χ2n) is 8.91. The summed E-state index contributed by atoms with van der Waals surface area (Å²) in [4.78, 5) is 35.2. The molecule has 11 heteroatoms. The largest absolute Gasteiger partial charge is 0.416 e. The molecule has 4 aromatic rings. The van der Waals surface area contributed by atoms with Crippen LogP contribution < -0.4 is 21.7 Å². The van der Waals surface area contributed by atoms with Crippen molar-refractivity contribution in [1.29, 1.82) is 0 Å². The molecule has 2 amide bonds. The number of carbonyl (C=O) groups excluding carboxylic acids is 2. The van der Waals surface area contributed by atoms with Crippen LogP contribution in [0.1, 0.15) is 38.8 Å². The van der Waals surface area contributed by atoms with E-state index in [0.717, 1.165) is 29.8 Å². The Balaban J connectivity index is 1.65. The fourth-order valence-corrected chi connectivity index (χ4v) is 4.17. The minimum atomic E-state index is -4.49. The molecule has 5 N–H and O–H groups in total. The van der Waals surface area contributed by atoms with E-state index in [0.29, 0.717) is 22.4 Å². The Morgan fingerprint density at radius 3 is 2.29 bits per heavy atom. The van der Waals surface area contributed by atoms with E-state index in [-0.39, 0.29) is 17.7 Å². The van der Waals surface area contributed by atoms with E-state index in [1.54, 1.807) is 43.4 Å². The van der Waals surface area contributed by atoms with Gasteiger partial charge in [0.05, 0.1) is 22.2 Å². The summed E-state index contributed by atoms with van der Waals surface area (Å²) in [5, 5.41) is 3.33. The van der Waals surface area contributed by atoms with Gasteiger partial charge >= 0.3 is 6.18 Å². The van der Waals surface area contributed by atoms with Gasteiger partial charge in [0.2, 0.25) is 0 Å². The Hall–Kier alpha value is -4.51. The number of hydrogen-bond donors (Lipinski definition) is 3. The average Bonchev–Trinajstić information content (AvgIpc) is 2.91. The van der Waals surface area contributed by atoms with Crippen molar-refractivity contribution in [3.63, 3.8) is 0 Å². The molecule has 1 aromatic heterocycles. The van der Waals surface area contributed by atoms with Crippen LogP contribution in [-0.2, 0) is 11.7 Å². The highest BCUT2D eigenvalue weighted by atomic mass is 19.4. The van der Waals surface area contributed by atoms with E-state index in [2.05, 4.69) is 15.3 Å². The molecule has 3 aromatic carbocycles. The van der Waals surface area contributed by atoms with Crippen LogP contribution in [0.2, 0.25) is 0 Å². The first kappa shape index (κ1) is 26.6. The number of amides is 2. The normalized spacial score (nSPS) is 13.1. The number of fused-ring (bicyclic) bond motifs is 1. The molecule has 1 unspecified atom stereocenters. The van der Waals surface area contributed by atoms with Gasteiger partial charge in [0.1, 0.15) is 12.1 Å². The number of rotatable bonds is 7. The molecule has 0 saturated carbocycles. The molecule has 1 atom stereocenters. The van der Waals surface area contributed by atoms with E-state index in [1.165, 1.54) is 6.33 Å². The van der Waals surface area contributed by atoms with Gasteiger partial charge in [-0.1, -0.05) is 18.2 Å². The van der Waals surface area contributed by atoms with E-state index in [4.69, 9.17) is 11.5 Å². The zero-order valence-electron chi connectivity index (χ0n) is 20.6. The molecule has 196 valence electrons. The Morgan fingerprint density at radius 1 is 0.974 bits per heavy atom. The van der Waals surface area contributed by atoms with Crippen LogP contribution in [0, 0.1) is 0 Å². The summed E-state index contributed by atoms with van der Waals surface area (Å²) in [7, 11) is 1.80. The van der Waals surface area contributed by atoms with Gasteiger partial charge in [-0.15, -0.1) is 0 Å². The third kappa shape index (κ3) is 5.00. The van der Waals surface area contributed by atoms with Gasteiger partial charge in [0.25, 0.3) is 11.8 Å². The standard InChI is InChI=1S/C27H25F3N6O2/c1-26(14-31,36(2)24-21-8-4-7-20(23(32)37)22(21)33-15-34-24)18-5-3-6-19(13-18)35-25(38)16-9-11-17(12-10-16)27(28,29)30/h3-13,15H,14,31H2,1-2H3,(H2,32,37)(H,35,38). The molecular formula is C27H25F3N6O2. The summed E-state index contributed by atoms with van der Waals surface area (Å²) >= 11 is 0. The summed E-state index contributed by atoms with van der Waals surface area (Å²) in [6, 6.07) is 16.0. The number of anilines is 2. The summed E-state index contributed by atoms with van der Waals surface area (Å²) in [5.74, 6) is -0.648. The fraction of sp³-hybridized carbons (Fsp3) is 0.185. The Kier molecular flexibility index (Phi) is 7.05. The van der Waals surface area contributed by atoms with Crippen molar-refractivity contribution >= 4 is 34.2 Å². The minimum Gasteiger partial charge on any atom is -0.366 e. The topological polar surface area (TPSA) is 127 Å². The summed E-state index contributed by atoms with van der Waals surface area (Å²) in [6.07, 6.45) is -3.14. The number of alkyl halides is 3. The van der Waals surface area contributed by atoms with Crippen LogP contribution in [0.5, 0.6) is 0 Å². The fourth-order valence-electron chi connectivity index (χ4n) is 4.17. The predicted molar refractivity (Wildman–Crippen MR) is 139 cm³/mol. The molecule has 0 bridgehead atoms. The van der Waals surface area contributed by atoms with Crippen molar-refractivity contribution in [3.05, 3.63) is 95.3 Å². The van der Waals surface area contributed by atoms with Crippen molar-refractivity contribution in [2.75, 3.05) is 23.8 Å². The third-order valence-corrected chi connectivity index (χ3v) is 6.58. The number of nitrogens with two attached hydrogens (primary N) is 2. The van der Waals surface area contributed by atoms with Crippen molar-refractivity contribution in [2.24, 2.45) is 11.5 Å². The highest BCUT2D eigenvalue weighted by molar-refractivity contribution is 6.07. The highest BCUT2D eigenvalue weighted by Crippen LogP contribution is 2.35. The monoisotopic (exact) mass is 522 g/mol.